The van der Waals surface area contributed by atoms with Crippen molar-refractivity contribution in [3.05, 3.63) is 48.6 Å². The summed E-state index contributed by atoms with van der Waals surface area (Å²) in [6.07, 6.45) is 41.6. The summed E-state index contributed by atoms with van der Waals surface area (Å²) in [6, 6.07) is 0. The number of hydrogen-bond donors (Lipinski definition) is 2. The molecule has 0 aliphatic heterocycles. The monoisotopic (exact) mass is 754 g/mol. The minimum Gasteiger partial charge on any atom is -0.462 e. The molecule has 2 atom stereocenters. The number of carbonyl (C=O) groups excluding carboxylic acids is 2. The van der Waals surface area contributed by atoms with Crippen LogP contribution in [0, 0.1) is 0 Å². The van der Waals surface area contributed by atoms with Crippen molar-refractivity contribution in [2.45, 2.75) is 174 Å². The lowest BCUT2D eigenvalue weighted by molar-refractivity contribution is -0.161. The van der Waals surface area contributed by atoms with Gasteiger partial charge in [-0.25, -0.2) is 4.57 Å². The molecule has 0 rings (SSSR count). The van der Waals surface area contributed by atoms with Gasteiger partial charge in [-0.05, 0) is 58.4 Å². The third kappa shape index (κ3) is 37.7. The van der Waals surface area contributed by atoms with Crippen molar-refractivity contribution in [2.24, 2.45) is 0 Å². The number of likely N-dealkylation sites (N-methyl/N-ethyl adjacent to an activating group) is 1. The van der Waals surface area contributed by atoms with Crippen LogP contribution in [0.5, 0.6) is 0 Å². The van der Waals surface area contributed by atoms with Crippen molar-refractivity contribution >= 4 is 19.8 Å². The molecule has 0 aromatic carbocycles. The number of unbranched alkanes of at least 4 members (excludes halogenated alkanes) is 16. The van der Waals surface area contributed by atoms with E-state index < -0.39 is 26.5 Å². The van der Waals surface area contributed by atoms with Crippen molar-refractivity contribution in [2.75, 3.05) is 33.4 Å². The Balaban J connectivity index is 4.31. The number of rotatable bonds is 38. The van der Waals surface area contributed by atoms with Crippen LogP contribution in [-0.4, -0.2) is 56.3 Å². The molecule has 302 valence electrons. The molecule has 0 aromatic heterocycles. The van der Waals surface area contributed by atoms with Crippen LogP contribution in [0.2, 0.25) is 0 Å². The van der Waals surface area contributed by atoms with E-state index in [0.717, 1.165) is 57.8 Å². The largest absolute Gasteiger partial charge is 0.472 e. The molecule has 0 saturated carbocycles. The molecule has 0 bridgehead atoms. The van der Waals surface area contributed by atoms with Crippen molar-refractivity contribution in [3.63, 3.8) is 0 Å². The highest BCUT2D eigenvalue weighted by molar-refractivity contribution is 7.47. The Labute approximate surface area is 318 Å². The van der Waals surface area contributed by atoms with Gasteiger partial charge in [-0.1, -0.05) is 152 Å². The molecule has 9 nitrogen and oxygen atoms in total. The van der Waals surface area contributed by atoms with E-state index in [9.17, 15) is 19.0 Å². The zero-order valence-electron chi connectivity index (χ0n) is 33.2. The molecule has 0 radical (unpaired) electrons. The second-order valence-electron chi connectivity index (χ2n) is 13.4. The lowest BCUT2D eigenvalue weighted by atomic mass is 10.0. The fraction of sp³-hybridized carbons (Fsp3) is 0.762. The van der Waals surface area contributed by atoms with Gasteiger partial charge in [0.05, 0.1) is 13.2 Å². The lowest BCUT2D eigenvalue weighted by Crippen LogP contribution is -2.29. The number of ether oxygens (including phenoxy) is 2. The quantitative estimate of drug-likeness (QED) is 0.0275. The smallest absolute Gasteiger partial charge is 0.462 e. The molecular weight excluding hydrogens is 677 g/mol. The molecule has 2 unspecified atom stereocenters. The van der Waals surface area contributed by atoms with E-state index in [1.165, 1.54) is 77.0 Å². The van der Waals surface area contributed by atoms with Crippen LogP contribution in [-0.2, 0) is 32.7 Å². The van der Waals surface area contributed by atoms with E-state index >= 15 is 0 Å². The number of allylic oxidation sites excluding steroid dienone is 8. The number of carbonyl (C=O) groups is 2. The lowest BCUT2D eigenvalue weighted by Gasteiger charge is -2.20. The van der Waals surface area contributed by atoms with E-state index in [1.807, 2.05) is 0 Å². The average Bonchev–Trinajstić information content (AvgIpc) is 3.12. The zero-order chi connectivity index (χ0) is 38.2. The second kappa shape index (κ2) is 38.7. The van der Waals surface area contributed by atoms with Gasteiger partial charge in [0.1, 0.15) is 6.61 Å². The number of phosphoric acid groups is 1. The van der Waals surface area contributed by atoms with Gasteiger partial charge in [0.2, 0.25) is 0 Å². The van der Waals surface area contributed by atoms with E-state index in [0.29, 0.717) is 13.0 Å². The predicted octanol–water partition coefficient (Wildman–Crippen LogP) is 11.4. The Kier molecular flexibility index (Phi) is 37.2. The van der Waals surface area contributed by atoms with Crippen LogP contribution in [0.15, 0.2) is 48.6 Å². The second-order valence-corrected chi connectivity index (χ2v) is 14.9. The van der Waals surface area contributed by atoms with Crippen molar-refractivity contribution < 1.29 is 37.6 Å². The third-order valence-electron chi connectivity index (χ3n) is 8.46. The van der Waals surface area contributed by atoms with Crippen LogP contribution in [0.4, 0.5) is 0 Å². The summed E-state index contributed by atoms with van der Waals surface area (Å²) in [5.74, 6) is -0.854. The molecule has 52 heavy (non-hydrogen) atoms. The van der Waals surface area contributed by atoms with Crippen LogP contribution < -0.4 is 5.32 Å². The topological polar surface area (TPSA) is 120 Å². The van der Waals surface area contributed by atoms with Gasteiger partial charge in [-0.15, -0.1) is 0 Å². The summed E-state index contributed by atoms with van der Waals surface area (Å²) in [7, 11) is -2.66. The minimum atomic E-state index is -4.36. The van der Waals surface area contributed by atoms with Crippen LogP contribution in [0.25, 0.3) is 0 Å². The van der Waals surface area contributed by atoms with Gasteiger partial charge in [-0.2, -0.15) is 0 Å². The van der Waals surface area contributed by atoms with Crippen LogP contribution in [0.3, 0.4) is 0 Å². The third-order valence-corrected chi connectivity index (χ3v) is 9.45. The summed E-state index contributed by atoms with van der Waals surface area (Å²) < 4.78 is 33.1. The first-order valence-corrected chi connectivity index (χ1v) is 22.1. The predicted molar refractivity (Wildman–Crippen MR) is 215 cm³/mol. The summed E-state index contributed by atoms with van der Waals surface area (Å²) in [6.45, 7) is 4.06. The molecule has 0 fully saturated rings. The Morgan fingerprint density at radius 1 is 0.615 bits per heavy atom. The number of nitrogens with one attached hydrogen (secondary N) is 1. The van der Waals surface area contributed by atoms with Gasteiger partial charge in [0.15, 0.2) is 6.10 Å². The number of hydrogen-bond acceptors (Lipinski definition) is 8. The Morgan fingerprint density at radius 2 is 1.10 bits per heavy atom. The normalized spacial score (nSPS) is 13.8. The highest BCUT2D eigenvalue weighted by Gasteiger charge is 2.26. The highest BCUT2D eigenvalue weighted by atomic mass is 31.2. The van der Waals surface area contributed by atoms with E-state index in [4.69, 9.17) is 18.5 Å². The van der Waals surface area contributed by atoms with Crippen molar-refractivity contribution in [1.29, 1.82) is 0 Å². The minimum absolute atomic E-state index is 0.0255. The molecule has 0 amide bonds. The number of esters is 2. The molecular formula is C42H76NO8P. The zero-order valence-corrected chi connectivity index (χ0v) is 34.1. The Morgan fingerprint density at radius 3 is 1.63 bits per heavy atom. The van der Waals surface area contributed by atoms with E-state index in [1.54, 1.807) is 7.05 Å². The van der Waals surface area contributed by atoms with Gasteiger partial charge < -0.3 is 19.7 Å². The molecule has 0 aliphatic carbocycles. The molecule has 2 N–H and O–H groups in total. The first-order chi connectivity index (χ1) is 25.3. The maximum Gasteiger partial charge on any atom is 0.472 e. The number of phosphoric ester groups is 1. The summed E-state index contributed by atoms with van der Waals surface area (Å²) in [5.41, 5.74) is 0. The van der Waals surface area contributed by atoms with Gasteiger partial charge >= 0.3 is 19.8 Å². The summed E-state index contributed by atoms with van der Waals surface area (Å²) in [5, 5.41) is 2.82. The van der Waals surface area contributed by atoms with Crippen LogP contribution >= 0.6 is 7.82 Å². The Bertz CT molecular complexity index is 996. The molecule has 0 aromatic rings. The first kappa shape index (κ1) is 50.0. The maximum atomic E-state index is 12.6. The van der Waals surface area contributed by atoms with Gasteiger partial charge in [-0.3, -0.25) is 18.6 Å². The summed E-state index contributed by atoms with van der Waals surface area (Å²) in [4.78, 5) is 35.0. The fourth-order valence-electron chi connectivity index (χ4n) is 5.37. The van der Waals surface area contributed by atoms with Crippen molar-refractivity contribution in [3.8, 4) is 0 Å². The van der Waals surface area contributed by atoms with E-state index in [2.05, 4.69) is 67.8 Å². The Hall–Kier alpha value is -2.03. The summed E-state index contributed by atoms with van der Waals surface area (Å²) >= 11 is 0. The van der Waals surface area contributed by atoms with E-state index in [-0.39, 0.29) is 32.0 Å². The molecule has 10 heteroatoms. The van der Waals surface area contributed by atoms with Gasteiger partial charge in [0.25, 0.3) is 0 Å². The van der Waals surface area contributed by atoms with Gasteiger partial charge in [0, 0.05) is 19.4 Å². The molecule has 0 aliphatic rings. The molecule has 0 saturated heterocycles. The first-order valence-electron chi connectivity index (χ1n) is 20.6. The molecule has 0 heterocycles. The van der Waals surface area contributed by atoms with Crippen LogP contribution in [0.1, 0.15) is 168 Å². The fourth-order valence-corrected chi connectivity index (χ4v) is 6.12. The maximum absolute atomic E-state index is 12.6. The standard InChI is InChI=1S/C42H76NO8P/c1-4-6-8-10-12-14-16-18-20-22-24-26-28-30-32-34-41(44)48-38-40(39-50-52(46,47)49-37-36-43-3)51-42(45)35-33-31-29-27-25-23-21-19-17-15-13-11-9-7-5-2/h7,9,13,15,19,21,25,27,40,43H,4-6,8,10-12,14,16-18,20,22-24,26,28-39H2,1-3H3,(H,46,47)/b9-7-,15-13-,21-19-,27-25-. The highest BCUT2D eigenvalue weighted by Crippen LogP contribution is 2.43. The molecule has 0 spiro atoms. The van der Waals surface area contributed by atoms with Crippen molar-refractivity contribution in [1.82, 2.24) is 5.32 Å². The SMILES string of the molecule is CC/C=C\C/C=C\C/C=C\C/C=C\CCCCC(=O)OC(COC(=O)CCCCCCCCCCCCCCCCC)COP(=O)(O)OCCNC. The average molecular weight is 754 g/mol.